The summed E-state index contributed by atoms with van der Waals surface area (Å²) in [6.07, 6.45) is 1.25. The van der Waals surface area contributed by atoms with Crippen LogP contribution in [0.4, 0.5) is 9.18 Å². The number of aliphatic hydroxyl groups is 1. The van der Waals surface area contributed by atoms with Crippen molar-refractivity contribution in [1.82, 2.24) is 14.7 Å². The van der Waals surface area contributed by atoms with Gasteiger partial charge in [-0.05, 0) is 50.5 Å². The number of piperidine rings is 1. The van der Waals surface area contributed by atoms with Crippen molar-refractivity contribution in [3.05, 3.63) is 29.6 Å². The van der Waals surface area contributed by atoms with Crippen molar-refractivity contribution in [3.63, 3.8) is 0 Å². The first-order valence-electron chi connectivity index (χ1n) is 11.2. The summed E-state index contributed by atoms with van der Waals surface area (Å²) in [6.45, 7) is 8.16. The first-order chi connectivity index (χ1) is 15.2. The van der Waals surface area contributed by atoms with Crippen LogP contribution in [0.5, 0.6) is 5.75 Å². The molecule has 0 aromatic heterocycles. The number of amides is 2. The third-order valence-corrected chi connectivity index (χ3v) is 6.23. The number of ether oxygens (including phenoxy) is 2. The summed E-state index contributed by atoms with van der Waals surface area (Å²) in [5, 5.41) is 11.4. The average Bonchev–Trinajstić information content (AvgIpc) is 2.95. The summed E-state index contributed by atoms with van der Waals surface area (Å²) >= 11 is 0. The molecule has 2 fully saturated rings. The number of benzene rings is 1. The Morgan fingerprint density at radius 3 is 2.50 bits per heavy atom. The Labute approximate surface area is 188 Å². The molecule has 2 aliphatic heterocycles. The Bertz CT molecular complexity index is 815. The van der Waals surface area contributed by atoms with E-state index < -0.39 is 5.60 Å². The van der Waals surface area contributed by atoms with Gasteiger partial charge in [0.15, 0.2) is 0 Å². The molecular formula is C23H34FN3O5. The van der Waals surface area contributed by atoms with Crippen molar-refractivity contribution in [3.8, 4) is 5.75 Å². The van der Waals surface area contributed by atoms with Gasteiger partial charge in [-0.2, -0.15) is 0 Å². The van der Waals surface area contributed by atoms with E-state index in [0.29, 0.717) is 50.6 Å². The van der Waals surface area contributed by atoms with E-state index in [4.69, 9.17) is 9.47 Å². The Hall–Kier alpha value is -2.39. The van der Waals surface area contributed by atoms with Gasteiger partial charge in [0.25, 0.3) is 0 Å². The summed E-state index contributed by atoms with van der Waals surface area (Å²) in [7, 11) is 0. The maximum atomic E-state index is 13.6. The molecule has 2 aliphatic rings. The summed E-state index contributed by atoms with van der Waals surface area (Å²) in [4.78, 5) is 29.7. The fourth-order valence-corrected chi connectivity index (χ4v) is 4.42. The molecule has 8 nitrogen and oxygen atoms in total. The fourth-order valence-electron chi connectivity index (χ4n) is 4.42. The molecule has 1 aromatic rings. The third kappa shape index (κ3) is 6.10. The van der Waals surface area contributed by atoms with Crippen molar-refractivity contribution >= 4 is 12.0 Å². The van der Waals surface area contributed by atoms with Crippen LogP contribution in [0.2, 0.25) is 0 Å². The molecule has 0 spiro atoms. The zero-order chi connectivity index (χ0) is 23.3. The number of rotatable bonds is 5. The van der Waals surface area contributed by atoms with Crippen molar-refractivity contribution in [2.75, 3.05) is 52.5 Å². The molecule has 1 N–H and O–H groups in total. The predicted octanol–water partition coefficient (Wildman–Crippen LogP) is 2.03. The Balaban J connectivity index is 1.67. The topological polar surface area (TPSA) is 82.6 Å². The zero-order valence-electron chi connectivity index (χ0n) is 19.2. The van der Waals surface area contributed by atoms with Crippen molar-refractivity contribution in [2.24, 2.45) is 0 Å². The fraction of sp³-hybridized carbons (Fsp3) is 0.652. The molecule has 2 saturated heterocycles. The minimum Gasteiger partial charge on any atom is -0.490 e. The number of likely N-dealkylation sites (tertiary alicyclic amines) is 1. The molecule has 0 radical (unpaired) electrons. The summed E-state index contributed by atoms with van der Waals surface area (Å²) in [5.41, 5.74) is -0.807. The zero-order valence-corrected chi connectivity index (χ0v) is 19.2. The third-order valence-electron chi connectivity index (χ3n) is 6.23. The molecule has 2 heterocycles. The lowest BCUT2D eigenvalue weighted by Crippen LogP contribution is -2.55. The van der Waals surface area contributed by atoms with Gasteiger partial charge in [-0.3, -0.25) is 9.69 Å². The number of carbonyl (C=O) groups is 2. The van der Waals surface area contributed by atoms with Gasteiger partial charge in [-0.25, -0.2) is 9.18 Å². The maximum Gasteiger partial charge on any atom is 0.409 e. The van der Waals surface area contributed by atoms with Crippen LogP contribution in [-0.4, -0.2) is 95.9 Å². The Morgan fingerprint density at radius 1 is 1.16 bits per heavy atom. The first-order valence-corrected chi connectivity index (χ1v) is 11.2. The average molecular weight is 452 g/mol. The second kappa shape index (κ2) is 10.5. The normalized spacial score (nSPS) is 23.0. The summed E-state index contributed by atoms with van der Waals surface area (Å²) in [5.74, 6) is 0.0684. The van der Waals surface area contributed by atoms with Crippen LogP contribution in [0.25, 0.3) is 0 Å². The minimum atomic E-state index is -1.28. The Kier molecular flexibility index (Phi) is 7.95. The van der Waals surface area contributed by atoms with Crippen LogP contribution in [0.3, 0.4) is 0 Å². The van der Waals surface area contributed by atoms with Crippen LogP contribution in [0.1, 0.15) is 32.3 Å². The van der Waals surface area contributed by atoms with Gasteiger partial charge in [-0.1, -0.05) is 0 Å². The van der Waals surface area contributed by atoms with E-state index in [1.165, 1.54) is 19.1 Å². The SMILES string of the molecule is CCOC(=O)N1CCC(N2CCN(C(C)=O)C[C@](O)(COc3ccc(F)c(C)c3)C2)CC1. The summed E-state index contributed by atoms with van der Waals surface area (Å²) < 4.78 is 24.5. The van der Waals surface area contributed by atoms with Crippen molar-refractivity contribution in [1.29, 1.82) is 0 Å². The Morgan fingerprint density at radius 2 is 1.88 bits per heavy atom. The molecule has 1 atom stereocenters. The number of halogens is 1. The van der Waals surface area contributed by atoms with Gasteiger partial charge in [0.2, 0.25) is 5.91 Å². The van der Waals surface area contributed by atoms with Gasteiger partial charge in [0.05, 0.1) is 13.2 Å². The molecule has 9 heteroatoms. The molecule has 178 valence electrons. The highest BCUT2D eigenvalue weighted by molar-refractivity contribution is 5.73. The molecular weight excluding hydrogens is 417 g/mol. The molecule has 2 amide bonds. The van der Waals surface area contributed by atoms with Crippen LogP contribution in [0, 0.1) is 12.7 Å². The van der Waals surface area contributed by atoms with E-state index in [0.717, 1.165) is 12.8 Å². The molecule has 1 aromatic carbocycles. The van der Waals surface area contributed by atoms with Gasteiger partial charge in [-0.15, -0.1) is 0 Å². The number of aryl methyl sites for hydroxylation is 1. The van der Waals surface area contributed by atoms with E-state index >= 15 is 0 Å². The van der Waals surface area contributed by atoms with Gasteiger partial charge < -0.3 is 24.4 Å². The van der Waals surface area contributed by atoms with Crippen LogP contribution in [-0.2, 0) is 9.53 Å². The van der Waals surface area contributed by atoms with E-state index in [1.807, 2.05) is 0 Å². The standard InChI is InChI=1S/C23H34FN3O5/c1-4-31-22(29)25-9-7-19(8-10-25)27-12-11-26(18(3)28)14-23(30,15-27)16-32-20-5-6-21(24)17(2)13-20/h5-6,13,19,30H,4,7-12,14-16H2,1-3H3/t23-/m1/s1. The van der Waals surface area contributed by atoms with Crippen LogP contribution in [0.15, 0.2) is 18.2 Å². The minimum absolute atomic E-state index is 0.0139. The highest BCUT2D eigenvalue weighted by atomic mass is 19.1. The number of β-amino-alcohol motifs (C(OH)–C–C–N with tert-alkyl or cyclic N) is 1. The van der Waals surface area contributed by atoms with Gasteiger partial charge in [0.1, 0.15) is 23.8 Å². The predicted molar refractivity (Wildman–Crippen MR) is 117 cm³/mol. The van der Waals surface area contributed by atoms with Crippen molar-refractivity contribution < 1.29 is 28.6 Å². The second-order valence-corrected chi connectivity index (χ2v) is 8.75. The smallest absolute Gasteiger partial charge is 0.409 e. The lowest BCUT2D eigenvalue weighted by molar-refractivity contribution is -0.132. The summed E-state index contributed by atoms with van der Waals surface area (Å²) in [6, 6.07) is 4.66. The molecule has 0 saturated carbocycles. The molecule has 3 rings (SSSR count). The van der Waals surface area contributed by atoms with E-state index in [1.54, 1.807) is 29.7 Å². The van der Waals surface area contributed by atoms with E-state index in [-0.39, 0.29) is 37.0 Å². The van der Waals surface area contributed by atoms with E-state index in [2.05, 4.69) is 4.90 Å². The molecule has 0 bridgehead atoms. The number of hydrogen-bond donors (Lipinski definition) is 1. The highest BCUT2D eigenvalue weighted by Gasteiger charge is 2.39. The molecule has 0 unspecified atom stereocenters. The number of nitrogens with zero attached hydrogens (tertiary/aromatic N) is 3. The molecule has 0 aliphatic carbocycles. The van der Waals surface area contributed by atoms with Crippen LogP contribution < -0.4 is 4.74 Å². The lowest BCUT2D eigenvalue weighted by Gasteiger charge is -2.40. The lowest BCUT2D eigenvalue weighted by atomic mass is 9.99. The largest absolute Gasteiger partial charge is 0.490 e. The van der Waals surface area contributed by atoms with Gasteiger partial charge in [0, 0.05) is 45.7 Å². The highest BCUT2D eigenvalue weighted by Crippen LogP contribution is 2.24. The van der Waals surface area contributed by atoms with E-state index in [9.17, 15) is 19.1 Å². The monoisotopic (exact) mass is 451 g/mol. The number of hydrogen-bond acceptors (Lipinski definition) is 6. The molecule has 32 heavy (non-hydrogen) atoms. The second-order valence-electron chi connectivity index (χ2n) is 8.75. The van der Waals surface area contributed by atoms with Crippen molar-refractivity contribution in [2.45, 2.75) is 45.3 Å². The van der Waals surface area contributed by atoms with Crippen LogP contribution >= 0.6 is 0 Å². The quantitative estimate of drug-likeness (QED) is 0.738. The first kappa shape index (κ1) is 24.3. The number of carbonyl (C=O) groups excluding carboxylic acids is 2. The van der Waals surface area contributed by atoms with Gasteiger partial charge >= 0.3 is 6.09 Å². The maximum absolute atomic E-state index is 13.6.